The van der Waals surface area contributed by atoms with E-state index in [9.17, 15) is 9.59 Å². The molecule has 1 saturated heterocycles. The zero-order valence-corrected chi connectivity index (χ0v) is 12.7. The van der Waals surface area contributed by atoms with E-state index in [-0.39, 0.29) is 17.9 Å². The maximum atomic E-state index is 12.3. The maximum absolute atomic E-state index is 12.3. The Labute approximate surface area is 125 Å². The molecule has 1 aromatic rings. The number of amides is 2. The molecule has 0 aromatic carbocycles. The van der Waals surface area contributed by atoms with Gasteiger partial charge in [0, 0.05) is 39.2 Å². The molecule has 1 aromatic heterocycles. The first-order valence-electron chi connectivity index (χ1n) is 7.39. The van der Waals surface area contributed by atoms with Crippen molar-refractivity contribution in [2.24, 2.45) is 0 Å². The van der Waals surface area contributed by atoms with Crippen LogP contribution >= 0.6 is 0 Å². The Hall–Kier alpha value is -1.98. The molecule has 1 fully saturated rings. The summed E-state index contributed by atoms with van der Waals surface area (Å²) in [4.78, 5) is 35.5. The van der Waals surface area contributed by atoms with Gasteiger partial charge in [-0.05, 0) is 25.8 Å². The zero-order chi connectivity index (χ0) is 15.2. The zero-order valence-electron chi connectivity index (χ0n) is 12.7. The lowest BCUT2D eigenvalue weighted by Gasteiger charge is -2.29. The SMILES string of the molecule is C[C@@H](c1ccncn1)N(C)C(=O)CCN1CCCCC1=O. The Bertz CT molecular complexity index is 492. The molecule has 0 aliphatic carbocycles. The number of carbonyl (C=O) groups excluding carboxylic acids is 2. The lowest BCUT2D eigenvalue weighted by Crippen LogP contribution is -2.39. The van der Waals surface area contributed by atoms with Crippen LogP contribution in [0.25, 0.3) is 0 Å². The van der Waals surface area contributed by atoms with Gasteiger partial charge < -0.3 is 9.80 Å². The van der Waals surface area contributed by atoms with Crippen molar-refractivity contribution in [1.82, 2.24) is 19.8 Å². The lowest BCUT2D eigenvalue weighted by atomic mass is 10.1. The fourth-order valence-corrected chi connectivity index (χ4v) is 2.47. The molecule has 21 heavy (non-hydrogen) atoms. The van der Waals surface area contributed by atoms with E-state index >= 15 is 0 Å². The average Bonchev–Trinajstić information content (AvgIpc) is 2.53. The third kappa shape index (κ3) is 4.00. The molecule has 0 saturated carbocycles. The molecule has 1 aliphatic rings. The van der Waals surface area contributed by atoms with E-state index in [2.05, 4.69) is 9.97 Å². The molecule has 0 radical (unpaired) electrons. The Kier molecular flexibility index (Phi) is 5.25. The number of hydrogen-bond donors (Lipinski definition) is 0. The third-order valence-corrected chi connectivity index (χ3v) is 4.02. The third-order valence-electron chi connectivity index (χ3n) is 4.02. The van der Waals surface area contributed by atoms with Crippen molar-refractivity contribution in [3.05, 3.63) is 24.3 Å². The highest BCUT2D eigenvalue weighted by atomic mass is 16.2. The van der Waals surface area contributed by atoms with E-state index in [4.69, 9.17) is 0 Å². The van der Waals surface area contributed by atoms with Crippen molar-refractivity contribution < 1.29 is 9.59 Å². The van der Waals surface area contributed by atoms with Crippen LogP contribution in [0.4, 0.5) is 0 Å². The number of carbonyl (C=O) groups is 2. The number of hydrogen-bond acceptors (Lipinski definition) is 4. The van der Waals surface area contributed by atoms with Crippen LogP contribution < -0.4 is 0 Å². The molecular formula is C15H22N4O2. The molecule has 2 rings (SSSR count). The molecule has 2 amide bonds. The van der Waals surface area contributed by atoms with Crippen molar-refractivity contribution in [1.29, 1.82) is 0 Å². The molecule has 1 atom stereocenters. The highest BCUT2D eigenvalue weighted by molar-refractivity contribution is 5.79. The van der Waals surface area contributed by atoms with Gasteiger partial charge in [0.15, 0.2) is 0 Å². The van der Waals surface area contributed by atoms with Crippen LogP contribution in [0.5, 0.6) is 0 Å². The molecule has 0 N–H and O–H groups in total. The molecule has 2 heterocycles. The number of rotatable bonds is 5. The van der Waals surface area contributed by atoms with E-state index in [1.165, 1.54) is 6.33 Å². The minimum Gasteiger partial charge on any atom is -0.342 e. The van der Waals surface area contributed by atoms with Crippen LogP contribution in [-0.2, 0) is 9.59 Å². The summed E-state index contributed by atoms with van der Waals surface area (Å²) in [6.07, 6.45) is 6.13. The first-order chi connectivity index (χ1) is 10.1. The van der Waals surface area contributed by atoms with Crippen LogP contribution in [0.2, 0.25) is 0 Å². The average molecular weight is 290 g/mol. The Morgan fingerprint density at radius 3 is 2.95 bits per heavy atom. The van der Waals surface area contributed by atoms with Crippen LogP contribution in [0.1, 0.15) is 44.3 Å². The second-order valence-electron chi connectivity index (χ2n) is 5.40. The number of nitrogens with zero attached hydrogens (tertiary/aromatic N) is 4. The number of piperidine rings is 1. The minimum atomic E-state index is -0.0995. The van der Waals surface area contributed by atoms with Crippen molar-refractivity contribution in [2.45, 2.75) is 38.6 Å². The topological polar surface area (TPSA) is 66.4 Å². The van der Waals surface area contributed by atoms with E-state index in [1.54, 1.807) is 23.0 Å². The van der Waals surface area contributed by atoms with E-state index in [0.29, 0.717) is 19.4 Å². The van der Waals surface area contributed by atoms with E-state index < -0.39 is 0 Å². The van der Waals surface area contributed by atoms with Gasteiger partial charge in [-0.15, -0.1) is 0 Å². The fourth-order valence-electron chi connectivity index (χ4n) is 2.47. The van der Waals surface area contributed by atoms with Gasteiger partial charge in [0.1, 0.15) is 6.33 Å². The van der Waals surface area contributed by atoms with E-state index in [0.717, 1.165) is 25.1 Å². The summed E-state index contributed by atoms with van der Waals surface area (Å²) in [6.45, 7) is 3.22. The molecule has 114 valence electrons. The summed E-state index contributed by atoms with van der Waals surface area (Å²) in [6, 6.07) is 1.71. The van der Waals surface area contributed by atoms with Gasteiger partial charge in [-0.2, -0.15) is 0 Å². The quantitative estimate of drug-likeness (QED) is 0.822. The van der Waals surface area contributed by atoms with Gasteiger partial charge in [0.05, 0.1) is 11.7 Å². The Balaban J connectivity index is 1.86. The highest BCUT2D eigenvalue weighted by Gasteiger charge is 2.22. The Morgan fingerprint density at radius 1 is 1.48 bits per heavy atom. The molecule has 6 heteroatoms. The van der Waals surface area contributed by atoms with Gasteiger partial charge in [0.2, 0.25) is 11.8 Å². The lowest BCUT2D eigenvalue weighted by molar-refractivity contribution is -0.136. The molecule has 0 spiro atoms. The monoisotopic (exact) mass is 290 g/mol. The van der Waals surface area contributed by atoms with Crippen LogP contribution in [0, 0.1) is 0 Å². The summed E-state index contributed by atoms with van der Waals surface area (Å²) in [7, 11) is 1.77. The second kappa shape index (κ2) is 7.15. The van der Waals surface area contributed by atoms with Gasteiger partial charge in [-0.3, -0.25) is 9.59 Å². The van der Waals surface area contributed by atoms with Crippen molar-refractivity contribution in [2.75, 3.05) is 20.1 Å². The number of aromatic nitrogens is 2. The van der Waals surface area contributed by atoms with E-state index in [1.807, 2.05) is 13.0 Å². The maximum Gasteiger partial charge on any atom is 0.224 e. The minimum absolute atomic E-state index is 0.0273. The Morgan fingerprint density at radius 2 is 2.29 bits per heavy atom. The predicted octanol–water partition coefficient (Wildman–Crippen LogP) is 1.40. The van der Waals surface area contributed by atoms with Crippen LogP contribution in [-0.4, -0.2) is 51.7 Å². The standard InChI is InChI=1S/C15H22N4O2/c1-12(13-6-8-16-11-17-13)18(2)14(20)7-10-19-9-4-3-5-15(19)21/h6,8,11-12H,3-5,7,9-10H2,1-2H3/t12-/m0/s1. The number of likely N-dealkylation sites (tertiary alicyclic amines) is 1. The normalized spacial score (nSPS) is 16.7. The summed E-state index contributed by atoms with van der Waals surface area (Å²) in [5.74, 6) is 0.194. The smallest absolute Gasteiger partial charge is 0.224 e. The molecule has 6 nitrogen and oxygen atoms in total. The van der Waals surface area contributed by atoms with Gasteiger partial charge in [-0.1, -0.05) is 0 Å². The molecular weight excluding hydrogens is 268 g/mol. The summed E-state index contributed by atoms with van der Waals surface area (Å²) in [5, 5.41) is 0. The molecule has 0 unspecified atom stereocenters. The summed E-state index contributed by atoms with van der Waals surface area (Å²) >= 11 is 0. The molecule has 0 bridgehead atoms. The van der Waals surface area contributed by atoms with Crippen LogP contribution in [0.15, 0.2) is 18.6 Å². The first kappa shape index (κ1) is 15.4. The van der Waals surface area contributed by atoms with Crippen molar-refractivity contribution >= 4 is 11.8 Å². The second-order valence-corrected chi connectivity index (χ2v) is 5.40. The fraction of sp³-hybridized carbons (Fsp3) is 0.600. The van der Waals surface area contributed by atoms with Gasteiger partial charge >= 0.3 is 0 Å². The predicted molar refractivity (Wildman–Crippen MR) is 78.3 cm³/mol. The largest absolute Gasteiger partial charge is 0.342 e. The van der Waals surface area contributed by atoms with Gasteiger partial charge in [-0.25, -0.2) is 9.97 Å². The van der Waals surface area contributed by atoms with Crippen molar-refractivity contribution in [3.63, 3.8) is 0 Å². The van der Waals surface area contributed by atoms with Gasteiger partial charge in [0.25, 0.3) is 0 Å². The summed E-state index contributed by atoms with van der Waals surface area (Å²) in [5.41, 5.74) is 0.815. The first-order valence-corrected chi connectivity index (χ1v) is 7.39. The molecule has 1 aliphatic heterocycles. The van der Waals surface area contributed by atoms with Crippen molar-refractivity contribution in [3.8, 4) is 0 Å². The summed E-state index contributed by atoms with van der Waals surface area (Å²) < 4.78 is 0. The highest BCUT2D eigenvalue weighted by Crippen LogP contribution is 2.17. The van der Waals surface area contributed by atoms with Crippen LogP contribution in [0.3, 0.4) is 0 Å².